The Morgan fingerprint density at radius 1 is 0.935 bits per heavy atom. The van der Waals surface area contributed by atoms with Crippen molar-refractivity contribution in [3.63, 3.8) is 0 Å². The van der Waals surface area contributed by atoms with E-state index in [9.17, 15) is 17.6 Å². The molecule has 31 heavy (non-hydrogen) atoms. The Morgan fingerprint density at radius 2 is 1.65 bits per heavy atom. The van der Waals surface area contributed by atoms with E-state index in [4.69, 9.17) is 11.6 Å². The average Bonchev–Trinajstić information content (AvgIpc) is 3.32. The maximum atomic E-state index is 13.3. The van der Waals surface area contributed by atoms with Crippen molar-refractivity contribution in [3.05, 3.63) is 83.1 Å². The number of sulfonamides is 1. The molecule has 5 nitrogen and oxygen atoms in total. The van der Waals surface area contributed by atoms with Gasteiger partial charge < -0.3 is 5.32 Å². The average molecular weight is 459 g/mol. The molecule has 0 aliphatic carbocycles. The Morgan fingerprint density at radius 3 is 2.32 bits per heavy atom. The standard InChI is InChI=1S/C23H20ClFN2O3S/c24-21-15-19(8-11-22(21)25)26-23(28)18-5-3-4-17(14-18)16-6-9-20(10-7-16)31(29,30)27-12-1-2-13-27/h3-11,14-15H,1-2,12-13H2,(H,26,28). The van der Waals surface area contributed by atoms with Gasteiger partial charge in [0.05, 0.1) is 9.92 Å². The maximum absolute atomic E-state index is 13.3. The SMILES string of the molecule is O=C(Nc1ccc(F)c(Cl)c1)c1cccc(-c2ccc(S(=O)(=O)N3CCCC3)cc2)c1. The van der Waals surface area contributed by atoms with Crippen LogP contribution in [-0.4, -0.2) is 31.7 Å². The first-order valence-corrected chi connectivity index (χ1v) is 11.6. The van der Waals surface area contributed by atoms with Gasteiger partial charge in [-0.1, -0.05) is 35.9 Å². The van der Waals surface area contributed by atoms with Gasteiger partial charge in [0.15, 0.2) is 0 Å². The summed E-state index contributed by atoms with van der Waals surface area (Å²) in [6.45, 7) is 1.11. The van der Waals surface area contributed by atoms with Crippen LogP contribution in [0.4, 0.5) is 10.1 Å². The van der Waals surface area contributed by atoms with E-state index in [2.05, 4.69) is 5.32 Å². The van der Waals surface area contributed by atoms with Crippen LogP contribution in [-0.2, 0) is 10.0 Å². The van der Waals surface area contributed by atoms with Gasteiger partial charge in [0.25, 0.3) is 5.91 Å². The third-order valence-electron chi connectivity index (χ3n) is 5.19. The highest BCUT2D eigenvalue weighted by molar-refractivity contribution is 7.89. The molecule has 8 heteroatoms. The summed E-state index contributed by atoms with van der Waals surface area (Å²) in [4.78, 5) is 12.9. The summed E-state index contributed by atoms with van der Waals surface area (Å²) >= 11 is 5.76. The normalized spacial score (nSPS) is 14.5. The molecule has 1 amide bonds. The van der Waals surface area contributed by atoms with Gasteiger partial charge in [-0.05, 0) is 66.4 Å². The Balaban J connectivity index is 1.53. The van der Waals surface area contributed by atoms with Crippen LogP contribution in [0, 0.1) is 5.82 Å². The quantitative estimate of drug-likeness (QED) is 0.572. The number of nitrogens with one attached hydrogen (secondary N) is 1. The molecule has 0 atom stereocenters. The zero-order valence-electron chi connectivity index (χ0n) is 16.5. The van der Waals surface area contributed by atoms with E-state index in [-0.39, 0.29) is 15.8 Å². The fourth-order valence-corrected chi connectivity index (χ4v) is 5.21. The summed E-state index contributed by atoms with van der Waals surface area (Å²) in [6.07, 6.45) is 1.77. The molecule has 1 aliphatic rings. The van der Waals surface area contributed by atoms with E-state index in [0.717, 1.165) is 24.0 Å². The highest BCUT2D eigenvalue weighted by Gasteiger charge is 2.26. The van der Waals surface area contributed by atoms with Crippen LogP contribution in [0.15, 0.2) is 71.6 Å². The van der Waals surface area contributed by atoms with Crippen LogP contribution in [0.25, 0.3) is 11.1 Å². The topological polar surface area (TPSA) is 66.5 Å². The summed E-state index contributed by atoms with van der Waals surface area (Å²) < 4.78 is 40.2. The molecule has 1 saturated heterocycles. The molecule has 4 rings (SSSR count). The predicted octanol–water partition coefficient (Wildman–Crippen LogP) is 5.18. The maximum Gasteiger partial charge on any atom is 0.255 e. The van der Waals surface area contributed by atoms with Crippen LogP contribution in [0.3, 0.4) is 0 Å². The second-order valence-corrected chi connectivity index (χ2v) is 9.64. The molecule has 3 aromatic rings. The monoisotopic (exact) mass is 458 g/mol. The van der Waals surface area contributed by atoms with Crippen molar-refractivity contribution in [1.29, 1.82) is 0 Å². The van der Waals surface area contributed by atoms with Gasteiger partial charge in [-0.25, -0.2) is 12.8 Å². The molecule has 1 N–H and O–H groups in total. The van der Waals surface area contributed by atoms with Gasteiger partial charge in [0.2, 0.25) is 10.0 Å². The van der Waals surface area contributed by atoms with Crippen molar-refractivity contribution in [2.45, 2.75) is 17.7 Å². The summed E-state index contributed by atoms with van der Waals surface area (Å²) in [7, 11) is -3.47. The molecule has 1 heterocycles. The molecule has 1 aliphatic heterocycles. The fourth-order valence-electron chi connectivity index (χ4n) is 3.51. The smallest absolute Gasteiger partial charge is 0.255 e. The van der Waals surface area contributed by atoms with Gasteiger partial charge in [0, 0.05) is 24.3 Å². The van der Waals surface area contributed by atoms with Crippen LogP contribution < -0.4 is 5.32 Å². The number of carbonyl (C=O) groups excluding carboxylic acids is 1. The zero-order chi connectivity index (χ0) is 22.0. The van der Waals surface area contributed by atoms with Crippen molar-refractivity contribution < 1.29 is 17.6 Å². The molecular formula is C23H20ClFN2O3S. The third-order valence-corrected chi connectivity index (χ3v) is 7.40. The Labute approximate surface area is 185 Å². The van der Waals surface area contributed by atoms with Gasteiger partial charge in [-0.2, -0.15) is 4.31 Å². The van der Waals surface area contributed by atoms with Crippen molar-refractivity contribution >= 4 is 33.2 Å². The minimum Gasteiger partial charge on any atom is -0.322 e. The lowest BCUT2D eigenvalue weighted by atomic mass is 10.0. The van der Waals surface area contributed by atoms with Crippen molar-refractivity contribution in [2.75, 3.05) is 18.4 Å². The number of hydrogen-bond acceptors (Lipinski definition) is 3. The minimum absolute atomic E-state index is 0.0736. The van der Waals surface area contributed by atoms with Gasteiger partial charge in [-0.15, -0.1) is 0 Å². The summed E-state index contributed by atoms with van der Waals surface area (Å²) in [5.74, 6) is -0.922. The second-order valence-electron chi connectivity index (χ2n) is 7.30. The van der Waals surface area contributed by atoms with Gasteiger partial charge in [0.1, 0.15) is 5.82 Å². The first-order chi connectivity index (χ1) is 14.8. The molecule has 0 spiro atoms. The van der Waals surface area contributed by atoms with E-state index in [0.29, 0.717) is 24.3 Å². The van der Waals surface area contributed by atoms with Crippen molar-refractivity contribution in [2.24, 2.45) is 0 Å². The van der Waals surface area contributed by atoms with E-state index in [1.165, 1.54) is 22.5 Å². The number of amides is 1. The highest BCUT2D eigenvalue weighted by atomic mass is 35.5. The van der Waals surface area contributed by atoms with Crippen LogP contribution in [0.2, 0.25) is 5.02 Å². The number of carbonyl (C=O) groups is 1. The molecule has 3 aromatic carbocycles. The molecular weight excluding hydrogens is 439 g/mol. The molecule has 0 aromatic heterocycles. The van der Waals surface area contributed by atoms with E-state index >= 15 is 0 Å². The fraction of sp³-hybridized carbons (Fsp3) is 0.174. The van der Waals surface area contributed by atoms with Crippen molar-refractivity contribution in [1.82, 2.24) is 4.31 Å². The Bertz CT molecular complexity index is 1220. The Kier molecular flexibility index (Phi) is 6.09. The third kappa shape index (κ3) is 4.63. The minimum atomic E-state index is -3.47. The molecule has 160 valence electrons. The highest BCUT2D eigenvalue weighted by Crippen LogP contribution is 2.26. The zero-order valence-corrected chi connectivity index (χ0v) is 18.1. The van der Waals surface area contributed by atoms with Crippen LogP contribution in [0.1, 0.15) is 23.2 Å². The second kappa shape index (κ2) is 8.78. The largest absolute Gasteiger partial charge is 0.322 e. The van der Waals surface area contributed by atoms with E-state index in [1.54, 1.807) is 42.5 Å². The summed E-state index contributed by atoms with van der Waals surface area (Å²) in [5.41, 5.74) is 2.36. The summed E-state index contributed by atoms with van der Waals surface area (Å²) in [5, 5.41) is 2.62. The van der Waals surface area contributed by atoms with Crippen molar-refractivity contribution in [3.8, 4) is 11.1 Å². The lowest BCUT2D eigenvalue weighted by molar-refractivity contribution is 0.102. The number of halogens is 2. The summed E-state index contributed by atoms with van der Waals surface area (Å²) in [6, 6.07) is 17.6. The predicted molar refractivity (Wildman–Crippen MR) is 119 cm³/mol. The van der Waals surface area contributed by atoms with E-state index in [1.807, 2.05) is 6.07 Å². The number of benzene rings is 3. The van der Waals surface area contributed by atoms with Gasteiger partial charge in [-0.3, -0.25) is 4.79 Å². The molecule has 0 saturated carbocycles. The first-order valence-electron chi connectivity index (χ1n) is 9.82. The molecule has 0 bridgehead atoms. The number of nitrogens with zero attached hydrogens (tertiary/aromatic N) is 1. The number of anilines is 1. The van der Waals surface area contributed by atoms with Gasteiger partial charge >= 0.3 is 0 Å². The van der Waals surface area contributed by atoms with E-state index < -0.39 is 15.8 Å². The van der Waals surface area contributed by atoms with Crippen LogP contribution in [0.5, 0.6) is 0 Å². The van der Waals surface area contributed by atoms with Crippen LogP contribution >= 0.6 is 11.6 Å². The molecule has 1 fully saturated rings. The lowest BCUT2D eigenvalue weighted by Gasteiger charge is -2.15. The molecule has 0 unspecified atom stereocenters. The number of hydrogen-bond donors (Lipinski definition) is 1. The first kappa shape index (κ1) is 21.5. The Hall–Kier alpha value is -2.74. The lowest BCUT2D eigenvalue weighted by Crippen LogP contribution is -2.27. The number of rotatable bonds is 5. The molecule has 0 radical (unpaired) electrons.